The molecule has 1 aromatic heterocycles. The molecule has 0 atom stereocenters. The van der Waals surface area contributed by atoms with Gasteiger partial charge in [0.2, 0.25) is 0 Å². The van der Waals surface area contributed by atoms with Crippen molar-refractivity contribution in [2.45, 2.75) is 12.8 Å². The molecular formula is C21H21N5O2. The quantitative estimate of drug-likeness (QED) is 0.593. The van der Waals surface area contributed by atoms with E-state index in [-0.39, 0.29) is 5.56 Å². The Morgan fingerprint density at radius 2 is 1.57 bits per heavy atom. The third-order valence-corrected chi connectivity index (χ3v) is 4.66. The van der Waals surface area contributed by atoms with Gasteiger partial charge in [0.05, 0.1) is 5.56 Å². The molecule has 3 N–H and O–H groups in total. The zero-order chi connectivity index (χ0) is 19.3. The summed E-state index contributed by atoms with van der Waals surface area (Å²) in [6.45, 7) is 2.24. The molecule has 0 unspecified atom stereocenters. The van der Waals surface area contributed by atoms with Crippen LogP contribution in [0.4, 0.5) is 28.7 Å². The van der Waals surface area contributed by atoms with Crippen LogP contribution in [0.25, 0.3) is 0 Å². The Morgan fingerprint density at radius 1 is 0.893 bits per heavy atom. The van der Waals surface area contributed by atoms with E-state index < -0.39 is 5.97 Å². The highest BCUT2D eigenvalue weighted by Crippen LogP contribution is 2.24. The molecule has 3 aromatic rings. The molecule has 2 aromatic carbocycles. The number of carboxylic acid groups (broad SMARTS) is 1. The molecule has 7 nitrogen and oxygen atoms in total. The molecule has 2 heterocycles. The first-order valence-corrected chi connectivity index (χ1v) is 9.22. The predicted octanol–water partition coefficient (Wildman–Crippen LogP) is 4.26. The number of aromatic carboxylic acids is 1. The van der Waals surface area contributed by atoms with Gasteiger partial charge in [-0.15, -0.1) is 0 Å². The number of benzene rings is 2. The molecule has 0 aliphatic carbocycles. The number of rotatable bonds is 6. The first-order valence-electron chi connectivity index (χ1n) is 9.22. The number of hydrogen-bond donors (Lipinski definition) is 3. The summed E-state index contributed by atoms with van der Waals surface area (Å²) in [7, 11) is 0. The first kappa shape index (κ1) is 17.8. The highest BCUT2D eigenvalue weighted by molar-refractivity contribution is 5.89. The van der Waals surface area contributed by atoms with E-state index in [1.807, 2.05) is 12.1 Å². The summed E-state index contributed by atoms with van der Waals surface area (Å²) in [5.41, 5.74) is 3.06. The lowest BCUT2D eigenvalue weighted by atomic mass is 10.2. The maximum absolute atomic E-state index is 11.1. The first-order chi connectivity index (χ1) is 13.7. The van der Waals surface area contributed by atoms with Crippen molar-refractivity contribution in [1.82, 2.24) is 9.97 Å². The molecule has 0 bridgehead atoms. The van der Waals surface area contributed by atoms with E-state index in [4.69, 9.17) is 5.11 Å². The molecule has 1 saturated heterocycles. The summed E-state index contributed by atoms with van der Waals surface area (Å²) in [4.78, 5) is 22.0. The van der Waals surface area contributed by atoms with Crippen LogP contribution in [0.2, 0.25) is 0 Å². The molecule has 1 fully saturated rings. The molecule has 142 valence electrons. The molecule has 7 heteroatoms. The highest BCUT2D eigenvalue weighted by atomic mass is 16.4. The average Bonchev–Trinajstić information content (AvgIpc) is 3.24. The van der Waals surface area contributed by atoms with E-state index in [9.17, 15) is 4.79 Å². The van der Waals surface area contributed by atoms with Gasteiger partial charge in [0.15, 0.2) is 0 Å². The van der Waals surface area contributed by atoms with Crippen molar-refractivity contribution >= 4 is 34.7 Å². The Labute approximate surface area is 163 Å². The second-order valence-electron chi connectivity index (χ2n) is 6.67. The van der Waals surface area contributed by atoms with Gasteiger partial charge in [-0.1, -0.05) is 6.07 Å². The van der Waals surface area contributed by atoms with Crippen LogP contribution in [0.3, 0.4) is 0 Å². The lowest BCUT2D eigenvalue weighted by molar-refractivity contribution is 0.0697. The van der Waals surface area contributed by atoms with Crippen LogP contribution < -0.4 is 15.5 Å². The maximum atomic E-state index is 11.1. The van der Waals surface area contributed by atoms with Gasteiger partial charge in [-0.3, -0.25) is 0 Å². The summed E-state index contributed by atoms with van der Waals surface area (Å²) >= 11 is 0. The second-order valence-corrected chi connectivity index (χ2v) is 6.67. The van der Waals surface area contributed by atoms with Crippen LogP contribution in [0, 0.1) is 0 Å². The van der Waals surface area contributed by atoms with E-state index in [0.717, 1.165) is 18.8 Å². The van der Waals surface area contributed by atoms with Gasteiger partial charge in [-0.2, -0.15) is 0 Å². The Bertz CT molecular complexity index is 969. The van der Waals surface area contributed by atoms with Crippen molar-refractivity contribution in [2.24, 2.45) is 0 Å². The number of nitrogens with one attached hydrogen (secondary N) is 2. The maximum Gasteiger partial charge on any atom is 0.335 e. The molecule has 0 radical (unpaired) electrons. The molecule has 0 spiro atoms. The van der Waals surface area contributed by atoms with Crippen molar-refractivity contribution in [3.05, 3.63) is 66.5 Å². The van der Waals surface area contributed by atoms with E-state index in [1.54, 1.807) is 30.3 Å². The third kappa shape index (κ3) is 4.20. The van der Waals surface area contributed by atoms with Crippen molar-refractivity contribution in [3.8, 4) is 0 Å². The zero-order valence-electron chi connectivity index (χ0n) is 15.3. The molecule has 4 rings (SSSR count). The van der Waals surface area contributed by atoms with Gasteiger partial charge in [0, 0.05) is 36.2 Å². The van der Waals surface area contributed by atoms with Crippen LogP contribution in [-0.2, 0) is 0 Å². The van der Waals surface area contributed by atoms with Gasteiger partial charge in [0.25, 0.3) is 0 Å². The van der Waals surface area contributed by atoms with Crippen LogP contribution in [-0.4, -0.2) is 34.1 Å². The van der Waals surface area contributed by atoms with Crippen molar-refractivity contribution in [1.29, 1.82) is 0 Å². The minimum absolute atomic E-state index is 0.218. The fourth-order valence-electron chi connectivity index (χ4n) is 3.25. The van der Waals surface area contributed by atoms with Gasteiger partial charge in [-0.25, -0.2) is 14.8 Å². The van der Waals surface area contributed by atoms with E-state index in [1.165, 1.54) is 24.9 Å². The molecule has 1 aliphatic heterocycles. The number of carbonyl (C=O) groups is 1. The van der Waals surface area contributed by atoms with Crippen LogP contribution in [0.15, 0.2) is 60.9 Å². The number of anilines is 5. The fraction of sp³-hybridized carbons (Fsp3) is 0.190. The van der Waals surface area contributed by atoms with E-state index in [0.29, 0.717) is 17.3 Å². The smallest absolute Gasteiger partial charge is 0.335 e. The minimum atomic E-state index is -0.967. The summed E-state index contributed by atoms with van der Waals surface area (Å²) in [5.74, 6) is 0.264. The second kappa shape index (κ2) is 7.96. The van der Waals surface area contributed by atoms with Gasteiger partial charge in [-0.05, 0) is 55.3 Å². The SMILES string of the molecule is O=C(O)c1cccc(Nc2cc(Nc3ccc(N4CCCC4)cc3)ncn2)c1. The number of hydrogen-bond acceptors (Lipinski definition) is 6. The fourth-order valence-corrected chi connectivity index (χ4v) is 3.25. The topological polar surface area (TPSA) is 90.4 Å². The van der Waals surface area contributed by atoms with E-state index >= 15 is 0 Å². The van der Waals surface area contributed by atoms with Crippen LogP contribution in [0.5, 0.6) is 0 Å². The Morgan fingerprint density at radius 3 is 2.25 bits per heavy atom. The lowest BCUT2D eigenvalue weighted by Gasteiger charge is -2.18. The Balaban J connectivity index is 1.45. The minimum Gasteiger partial charge on any atom is -0.478 e. The summed E-state index contributed by atoms with van der Waals surface area (Å²) in [6, 6.07) is 16.7. The van der Waals surface area contributed by atoms with Crippen molar-refractivity contribution in [3.63, 3.8) is 0 Å². The molecular weight excluding hydrogens is 354 g/mol. The van der Waals surface area contributed by atoms with Gasteiger partial charge in [0.1, 0.15) is 18.0 Å². The number of aromatic nitrogens is 2. The average molecular weight is 375 g/mol. The van der Waals surface area contributed by atoms with Gasteiger partial charge < -0.3 is 20.6 Å². The molecule has 1 aliphatic rings. The normalized spacial score (nSPS) is 13.4. The Kier molecular flexibility index (Phi) is 5.05. The largest absolute Gasteiger partial charge is 0.478 e. The molecule has 0 amide bonds. The number of nitrogens with zero attached hydrogens (tertiary/aromatic N) is 3. The van der Waals surface area contributed by atoms with E-state index in [2.05, 4.69) is 37.6 Å². The summed E-state index contributed by atoms with van der Waals surface area (Å²) < 4.78 is 0. The number of carboxylic acids is 1. The summed E-state index contributed by atoms with van der Waals surface area (Å²) in [6.07, 6.45) is 3.97. The third-order valence-electron chi connectivity index (χ3n) is 4.66. The molecule has 0 saturated carbocycles. The van der Waals surface area contributed by atoms with Crippen LogP contribution >= 0.6 is 0 Å². The highest BCUT2D eigenvalue weighted by Gasteiger charge is 2.12. The standard InChI is InChI=1S/C21H21N5O2/c27-21(28)15-4-3-5-17(12-15)25-20-13-19(22-14-23-20)24-16-6-8-18(9-7-16)26-10-1-2-11-26/h3-9,12-14H,1-2,10-11H2,(H,27,28)(H2,22,23,24,25). The predicted molar refractivity (Wildman–Crippen MR) is 110 cm³/mol. The monoisotopic (exact) mass is 375 g/mol. The van der Waals surface area contributed by atoms with Gasteiger partial charge >= 0.3 is 5.97 Å². The zero-order valence-corrected chi connectivity index (χ0v) is 15.3. The molecule has 28 heavy (non-hydrogen) atoms. The van der Waals surface area contributed by atoms with Crippen molar-refractivity contribution < 1.29 is 9.90 Å². The summed E-state index contributed by atoms with van der Waals surface area (Å²) in [5, 5.41) is 15.5. The lowest BCUT2D eigenvalue weighted by Crippen LogP contribution is -2.17. The van der Waals surface area contributed by atoms with Crippen LogP contribution in [0.1, 0.15) is 23.2 Å². The van der Waals surface area contributed by atoms with Crippen molar-refractivity contribution in [2.75, 3.05) is 28.6 Å². The Hall–Kier alpha value is -3.61.